The summed E-state index contributed by atoms with van der Waals surface area (Å²) in [4.78, 5) is 19.7. The zero-order valence-corrected chi connectivity index (χ0v) is 23.5. The zero-order chi connectivity index (χ0) is 28.7. The number of hydrogen-bond donors (Lipinski definition) is 1. The van der Waals surface area contributed by atoms with Crippen molar-refractivity contribution in [2.45, 2.75) is 49.3 Å². The number of thioether (sulfide) groups is 1. The van der Waals surface area contributed by atoms with Crippen LogP contribution in [-0.4, -0.2) is 65.0 Å². The topological polar surface area (TPSA) is 65.9 Å². The van der Waals surface area contributed by atoms with Gasteiger partial charge in [-0.2, -0.15) is 13.2 Å². The van der Waals surface area contributed by atoms with E-state index in [1.165, 1.54) is 53.9 Å². The minimum atomic E-state index is -5.08. The summed E-state index contributed by atoms with van der Waals surface area (Å²) in [5.74, 6) is -0.622. The van der Waals surface area contributed by atoms with Crippen molar-refractivity contribution in [1.29, 1.82) is 0 Å². The maximum Gasteiger partial charge on any atom is 0.490 e. The van der Waals surface area contributed by atoms with Crippen LogP contribution in [-0.2, 0) is 17.9 Å². The van der Waals surface area contributed by atoms with E-state index < -0.39 is 12.1 Å². The Balaban J connectivity index is 0.000000470. The van der Waals surface area contributed by atoms with Gasteiger partial charge in [-0.25, -0.2) is 4.79 Å². The lowest BCUT2D eigenvalue weighted by molar-refractivity contribution is -0.192. The molecule has 2 aromatic carbocycles. The van der Waals surface area contributed by atoms with Crippen molar-refractivity contribution in [3.05, 3.63) is 83.2 Å². The van der Waals surface area contributed by atoms with Crippen LogP contribution in [0.15, 0.2) is 65.7 Å². The van der Waals surface area contributed by atoms with Crippen molar-refractivity contribution in [2.75, 3.05) is 32.9 Å². The molecule has 10 heteroatoms. The van der Waals surface area contributed by atoms with Crippen molar-refractivity contribution in [3.8, 4) is 11.5 Å². The second-order valence-corrected chi connectivity index (χ2v) is 11.0. The van der Waals surface area contributed by atoms with Gasteiger partial charge in [0.15, 0.2) is 0 Å². The van der Waals surface area contributed by atoms with Crippen LogP contribution in [0.1, 0.15) is 47.6 Å². The van der Waals surface area contributed by atoms with Crippen molar-refractivity contribution in [1.82, 2.24) is 14.8 Å². The predicted molar refractivity (Wildman–Crippen MR) is 150 cm³/mol. The number of alkyl halides is 3. The normalized spacial score (nSPS) is 17.9. The Labute approximate surface area is 237 Å². The Kier molecular flexibility index (Phi) is 10.1. The van der Waals surface area contributed by atoms with Crippen LogP contribution in [0.2, 0.25) is 0 Å². The lowest BCUT2D eigenvalue weighted by Crippen LogP contribution is -2.31. The van der Waals surface area contributed by atoms with E-state index in [0.717, 1.165) is 36.8 Å². The fraction of sp³-hybridized carbons (Fsp3) is 0.400. The first kappa shape index (κ1) is 29.9. The largest absolute Gasteiger partial charge is 0.490 e. The maximum atomic E-state index is 10.6. The quantitative estimate of drug-likeness (QED) is 0.326. The van der Waals surface area contributed by atoms with Gasteiger partial charge in [0, 0.05) is 48.3 Å². The van der Waals surface area contributed by atoms with Gasteiger partial charge in [0.25, 0.3) is 0 Å². The van der Waals surface area contributed by atoms with Crippen LogP contribution in [0.3, 0.4) is 0 Å². The lowest BCUT2D eigenvalue weighted by atomic mass is 9.84. The van der Waals surface area contributed by atoms with Gasteiger partial charge in [0.1, 0.15) is 11.5 Å². The van der Waals surface area contributed by atoms with E-state index >= 15 is 0 Å². The molecule has 6 nitrogen and oxygen atoms in total. The van der Waals surface area contributed by atoms with Crippen molar-refractivity contribution in [3.63, 3.8) is 0 Å². The third-order valence-electron chi connectivity index (χ3n) is 7.05. The highest BCUT2D eigenvalue weighted by Crippen LogP contribution is 2.41. The number of aliphatic carboxylic acids is 1. The highest BCUT2D eigenvalue weighted by molar-refractivity contribution is 7.98. The molecule has 2 aliphatic rings. The van der Waals surface area contributed by atoms with E-state index in [1.54, 1.807) is 11.8 Å². The first-order valence-corrected chi connectivity index (χ1v) is 14.5. The van der Waals surface area contributed by atoms with Gasteiger partial charge in [-0.1, -0.05) is 30.7 Å². The molecule has 0 radical (unpaired) electrons. The Morgan fingerprint density at radius 1 is 1.10 bits per heavy atom. The molecular formula is C30H34F3N3O3S. The average molecular weight is 574 g/mol. The first-order valence-electron chi connectivity index (χ1n) is 13.2. The molecule has 1 unspecified atom stereocenters. The number of hydrogen-bond acceptors (Lipinski definition) is 6. The number of rotatable bonds is 6. The Bertz CT molecular complexity index is 1280. The third kappa shape index (κ3) is 7.99. The first-order chi connectivity index (χ1) is 19.1. The van der Waals surface area contributed by atoms with Crippen LogP contribution in [0.4, 0.5) is 13.2 Å². The number of likely N-dealkylation sites (tertiary alicyclic amines) is 1. The number of carbonyl (C=O) groups is 1. The van der Waals surface area contributed by atoms with Crippen LogP contribution in [0, 0.1) is 0 Å². The van der Waals surface area contributed by atoms with Gasteiger partial charge in [-0.3, -0.25) is 9.88 Å². The van der Waals surface area contributed by atoms with E-state index in [4.69, 9.17) is 14.6 Å². The summed E-state index contributed by atoms with van der Waals surface area (Å²) < 4.78 is 38.3. The molecule has 3 aromatic rings. The summed E-state index contributed by atoms with van der Waals surface area (Å²) in [6, 6.07) is 19.6. The lowest BCUT2D eigenvalue weighted by Gasteiger charge is -2.34. The van der Waals surface area contributed by atoms with Gasteiger partial charge in [0.05, 0.1) is 5.69 Å². The molecule has 214 valence electrons. The second kappa shape index (κ2) is 13.5. The number of fused-ring (bicyclic) bond motifs is 1. The van der Waals surface area contributed by atoms with Gasteiger partial charge in [-0.15, -0.1) is 11.8 Å². The molecule has 1 N–H and O–H groups in total. The Morgan fingerprint density at radius 3 is 2.45 bits per heavy atom. The van der Waals surface area contributed by atoms with E-state index in [0.29, 0.717) is 5.92 Å². The van der Waals surface area contributed by atoms with E-state index in [-0.39, 0.29) is 0 Å². The molecule has 3 heterocycles. The summed E-state index contributed by atoms with van der Waals surface area (Å²) in [6.07, 6.45) is 2.86. The zero-order valence-electron chi connectivity index (χ0n) is 22.7. The number of aromatic nitrogens is 1. The fourth-order valence-corrected chi connectivity index (χ4v) is 5.57. The number of carboxylic acids is 1. The third-order valence-corrected chi connectivity index (χ3v) is 7.79. The van der Waals surface area contributed by atoms with Crippen LogP contribution in [0.25, 0.3) is 0 Å². The van der Waals surface area contributed by atoms with Crippen LogP contribution in [0.5, 0.6) is 11.5 Å². The minimum Gasteiger partial charge on any atom is -0.475 e. The molecule has 2 aliphatic heterocycles. The number of benzene rings is 2. The molecule has 0 amide bonds. The highest BCUT2D eigenvalue weighted by atomic mass is 32.2. The smallest absolute Gasteiger partial charge is 0.475 e. The van der Waals surface area contributed by atoms with E-state index in [1.807, 2.05) is 12.3 Å². The fourth-order valence-electron chi connectivity index (χ4n) is 5.16. The summed E-state index contributed by atoms with van der Waals surface area (Å²) in [7, 11) is 2.20. The molecule has 1 aromatic heterocycles. The molecule has 1 atom stereocenters. The highest BCUT2D eigenvalue weighted by Gasteiger charge is 2.38. The predicted octanol–water partition coefficient (Wildman–Crippen LogP) is 6.79. The maximum absolute atomic E-state index is 10.6. The van der Waals surface area contributed by atoms with Gasteiger partial charge >= 0.3 is 12.1 Å². The van der Waals surface area contributed by atoms with Crippen molar-refractivity contribution in [2.24, 2.45) is 0 Å². The summed E-state index contributed by atoms with van der Waals surface area (Å²) in [5, 5.41) is 7.12. The molecule has 1 fully saturated rings. The molecular weight excluding hydrogens is 539 g/mol. The van der Waals surface area contributed by atoms with Gasteiger partial charge in [0.2, 0.25) is 0 Å². The number of pyridine rings is 1. The molecule has 0 saturated carbocycles. The summed E-state index contributed by atoms with van der Waals surface area (Å²) in [5.41, 5.74) is 5.10. The molecule has 5 rings (SSSR count). The molecule has 1 saturated heterocycles. The number of piperidine rings is 1. The number of ether oxygens (including phenoxy) is 1. The Morgan fingerprint density at radius 2 is 1.80 bits per heavy atom. The molecule has 0 spiro atoms. The van der Waals surface area contributed by atoms with E-state index in [2.05, 4.69) is 76.6 Å². The second-order valence-electron chi connectivity index (χ2n) is 10.1. The van der Waals surface area contributed by atoms with Crippen LogP contribution < -0.4 is 4.74 Å². The Hall–Kier alpha value is -3.08. The number of likely N-dealkylation sites (N-methyl/N-ethyl adjacent to an activating group) is 1. The molecule has 0 aliphatic carbocycles. The SMILES string of the molecule is CSc1ccc(C2CN(C)Cc3cccc(Oc4ccnc(CN5CCCCC5)c4)c32)cc1.O=C(O)C(F)(F)F. The summed E-state index contributed by atoms with van der Waals surface area (Å²) >= 11 is 1.78. The van der Waals surface area contributed by atoms with E-state index in [9.17, 15) is 13.2 Å². The number of carboxylic acid groups (broad SMARTS) is 1. The average Bonchev–Trinajstić information content (AvgIpc) is 2.93. The van der Waals surface area contributed by atoms with Crippen molar-refractivity contribution < 1.29 is 27.8 Å². The standard InChI is InChI=1S/C28H33N3OS.C2HF3O2/c1-30-18-22-7-6-8-27(28(22)26(20-30)21-9-11-25(33-2)12-10-21)32-24-13-14-29-23(17-24)19-31-15-4-3-5-16-31;3-2(4,5)1(6)7/h6-14,17,26H,3-5,15-16,18-20H2,1-2H3;(H,6,7). The summed E-state index contributed by atoms with van der Waals surface area (Å²) in [6.45, 7) is 5.18. The number of halogens is 3. The van der Waals surface area contributed by atoms with Crippen molar-refractivity contribution >= 4 is 17.7 Å². The van der Waals surface area contributed by atoms with Gasteiger partial charge < -0.3 is 14.7 Å². The molecule has 40 heavy (non-hydrogen) atoms. The number of nitrogens with zero attached hydrogens (tertiary/aromatic N) is 3. The monoisotopic (exact) mass is 573 g/mol. The van der Waals surface area contributed by atoms with Gasteiger partial charge in [-0.05, 0) is 74.6 Å². The minimum absolute atomic E-state index is 0.292. The molecule has 0 bridgehead atoms. The van der Waals surface area contributed by atoms with Crippen LogP contribution >= 0.6 is 11.8 Å².